The van der Waals surface area contributed by atoms with E-state index in [4.69, 9.17) is 37.4 Å². The molecule has 17 heteroatoms. The first-order chi connectivity index (χ1) is 29.5. The van der Waals surface area contributed by atoms with Crippen molar-refractivity contribution in [3.63, 3.8) is 0 Å². The summed E-state index contributed by atoms with van der Waals surface area (Å²) in [5, 5.41) is 16.7. The van der Waals surface area contributed by atoms with Crippen molar-refractivity contribution >= 4 is 75.0 Å². The molecule has 2 fully saturated rings. The van der Waals surface area contributed by atoms with Gasteiger partial charge in [-0.3, -0.25) is 44.1 Å². The monoisotopic (exact) mass is 869 g/mol. The van der Waals surface area contributed by atoms with Crippen LogP contribution in [0.15, 0.2) is 48.7 Å². The normalized spacial score (nSPS) is 16.7. The Morgan fingerprint density at radius 2 is 1.72 bits per heavy atom. The number of nitriles is 1. The number of aryl methyl sites for hydroxylation is 1. The molecule has 4 aromatic rings. The zero-order chi connectivity index (χ0) is 43.2. The first kappa shape index (κ1) is 43.1. The summed E-state index contributed by atoms with van der Waals surface area (Å²) in [4.78, 5) is 73.4. The molecule has 15 nitrogen and oxygen atoms in total. The fourth-order valence-corrected chi connectivity index (χ4v) is 8.53. The summed E-state index contributed by atoms with van der Waals surface area (Å²) in [5.41, 5.74) is 3.23. The van der Waals surface area contributed by atoms with Crippen LogP contribution in [0.25, 0.3) is 10.9 Å². The van der Waals surface area contributed by atoms with Gasteiger partial charge in [0.05, 0.1) is 64.5 Å². The van der Waals surface area contributed by atoms with Crippen LogP contribution in [0, 0.1) is 11.3 Å². The second-order valence-corrected chi connectivity index (χ2v) is 15.9. The van der Waals surface area contributed by atoms with Gasteiger partial charge in [0.1, 0.15) is 17.9 Å². The fourth-order valence-electron chi connectivity index (χ4n) is 8.02. The van der Waals surface area contributed by atoms with Gasteiger partial charge in [-0.15, -0.1) is 0 Å². The third-order valence-corrected chi connectivity index (χ3v) is 11.9. The zero-order valence-electron chi connectivity index (χ0n) is 33.9. The Labute approximate surface area is 362 Å². The van der Waals surface area contributed by atoms with Crippen LogP contribution in [0.2, 0.25) is 10.0 Å². The summed E-state index contributed by atoms with van der Waals surface area (Å²) in [5.74, 6) is -0.511. The average molecular weight is 871 g/mol. The molecule has 0 aliphatic carbocycles. The molecule has 5 amide bonds. The molecule has 4 heterocycles. The van der Waals surface area contributed by atoms with Gasteiger partial charge in [0.25, 0.3) is 11.8 Å². The van der Waals surface area contributed by atoms with Gasteiger partial charge in [-0.2, -0.15) is 5.26 Å². The van der Waals surface area contributed by atoms with E-state index < -0.39 is 29.7 Å². The minimum Gasteiger partial charge on any atom is -0.495 e. The summed E-state index contributed by atoms with van der Waals surface area (Å²) in [7, 11) is 3.05. The highest BCUT2D eigenvalue weighted by Crippen LogP contribution is 2.40. The van der Waals surface area contributed by atoms with Crippen molar-refractivity contribution in [1.82, 2.24) is 25.0 Å². The minimum atomic E-state index is -1.00. The van der Waals surface area contributed by atoms with Crippen molar-refractivity contribution in [3.05, 3.63) is 81.0 Å². The van der Waals surface area contributed by atoms with Crippen molar-refractivity contribution < 1.29 is 38.2 Å². The Hall–Kier alpha value is -5.95. The van der Waals surface area contributed by atoms with Crippen LogP contribution in [0.4, 0.5) is 11.4 Å². The molecule has 3 aliphatic rings. The van der Waals surface area contributed by atoms with Crippen LogP contribution in [0.3, 0.4) is 0 Å². The number of benzene rings is 3. The van der Waals surface area contributed by atoms with Crippen LogP contribution >= 0.6 is 23.2 Å². The average Bonchev–Trinajstić information content (AvgIpc) is 3.51. The van der Waals surface area contributed by atoms with E-state index in [0.29, 0.717) is 99.7 Å². The molecule has 7 rings (SSSR count). The molecule has 1 aromatic heterocycles. The van der Waals surface area contributed by atoms with Crippen LogP contribution in [0.1, 0.15) is 76.8 Å². The van der Waals surface area contributed by atoms with Crippen molar-refractivity contribution in [1.29, 1.82) is 5.26 Å². The number of halogens is 2. The lowest BCUT2D eigenvalue weighted by molar-refractivity contribution is -0.136. The number of nitrogens with one attached hydrogen (secondary N) is 2. The number of hydrogen-bond donors (Lipinski definition) is 2. The number of pyridine rings is 1. The Bertz CT molecular complexity index is 2430. The molecular formula is C44H45Cl2N7O8. The van der Waals surface area contributed by atoms with E-state index in [1.807, 2.05) is 11.0 Å². The number of ether oxygens (including phenoxy) is 3. The smallest absolute Gasteiger partial charge is 0.262 e. The molecule has 2 N–H and O–H groups in total. The number of piperazine rings is 1. The van der Waals surface area contributed by atoms with E-state index in [1.165, 1.54) is 13.3 Å². The third kappa shape index (κ3) is 9.36. The molecule has 0 spiro atoms. The van der Waals surface area contributed by atoms with Crippen LogP contribution in [-0.4, -0.2) is 109 Å². The van der Waals surface area contributed by atoms with Crippen molar-refractivity contribution in [2.24, 2.45) is 0 Å². The highest BCUT2D eigenvalue weighted by Gasteiger charge is 2.45. The number of rotatable bonds is 16. The number of methoxy groups -OCH3 is 2. The van der Waals surface area contributed by atoms with Gasteiger partial charge in [0.15, 0.2) is 11.5 Å². The molecule has 0 saturated carbocycles. The van der Waals surface area contributed by atoms with E-state index in [2.05, 4.69) is 26.6 Å². The number of carbonyl (C=O) groups excluding carboxylic acids is 5. The quantitative estimate of drug-likeness (QED) is 0.0950. The van der Waals surface area contributed by atoms with Gasteiger partial charge in [-0.1, -0.05) is 41.8 Å². The predicted molar refractivity (Wildman–Crippen MR) is 228 cm³/mol. The Kier molecular flexibility index (Phi) is 13.6. The first-order valence-electron chi connectivity index (χ1n) is 20.2. The molecule has 2 saturated heterocycles. The van der Waals surface area contributed by atoms with Crippen molar-refractivity contribution in [3.8, 4) is 23.3 Å². The molecular weight excluding hydrogens is 825 g/mol. The first-order valence-corrected chi connectivity index (χ1v) is 20.9. The maximum Gasteiger partial charge on any atom is 0.262 e. The second-order valence-electron chi connectivity index (χ2n) is 15.0. The third-order valence-electron chi connectivity index (χ3n) is 11.3. The SMILES string of the molecule is COc1cc(Nc2c(C#N)cnc3cc(OCCCN4CCN(C(=O)CCCCCc5cccc6c5C(=O)N(C5CCC(=O)NC5=O)C6=O)CC4)c(OC)cc23)c(Cl)cc1Cl. The van der Waals surface area contributed by atoms with Gasteiger partial charge in [-0.25, -0.2) is 0 Å². The van der Waals surface area contributed by atoms with Crippen LogP contribution in [0.5, 0.6) is 17.2 Å². The molecule has 3 aliphatic heterocycles. The van der Waals surface area contributed by atoms with Crippen LogP contribution < -0.4 is 24.8 Å². The minimum absolute atomic E-state index is 0.0689. The van der Waals surface area contributed by atoms with Gasteiger partial charge >= 0.3 is 0 Å². The summed E-state index contributed by atoms with van der Waals surface area (Å²) in [6, 6.07) is 13.1. The molecule has 0 radical (unpaired) electrons. The number of imide groups is 2. The molecule has 1 unspecified atom stereocenters. The van der Waals surface area contributed by atoms with Crippen molar-refractivity contribution in [2.75, 3.05) is 58.9 Å². The van der Waals surface area contributed by atoms with Gasteiger partial charge in [-0.05, 0) is 55.9 Å². The zero-order valence-corrected chi connectivity index (χ0v) is 35.4. The maximum absolute atomic E-state index is 13.4. The number of anilines is 2. The van der Waals surface area contributed by atoms with Crippen LogP contribution in [-0.2, 0) is 20.8 Å². The number of unbranched alkanes of at least 4 members (excludes halogenated alkanes) is 2. The van der Waals surface area contributed by atoms with Crippen molar-refractivity contribution in [2.45, 2.75) is 57.4 Å². The number of carbonyl (C=O) groups is 5. The highest BCUT2D eigenvalue weighted by molar-refractivity contribution is 6.37. The fraction of sp³-hybridized carbons (Fsp3) is 0.386. The topological polar surface area (TPSA) is 183 Å². The number of nitrogens with zero attached hydrogens (tertiary/aromatic N) is 5. The largest absolute Gasteiger partial charge is 0.495 e. The molecule has 61 heavy (non-hydrogen) atoms. The van der Waals surface area contributed by atoms with E-state index in [1.54, 1.807) is 43.5 Å². The number of amides is 5. The van der Waals surface area contributed by atoms with Gasteiger partial charge in [0.2, 0.25) is 17.7 Å². The number of aromatic nitrogens is 1. The summed E-state index contributed by atoms with van der Waals surface area (Å²) >= 11 is 12.7. The Balaban J connectivity index is 0.842. The highest BCUT2D eigenvalue weighted by atomic mass is 35.5. The van der Waals surface area contributed by atoms with E-state index in [0.717, 1.165) is 49.4 Å². The predicted octanol–water partition coefficient (Wildman–Crippen LogP) is 6.29. The lowest BCUT2D eigenvalue weighted by Crippen LogP contribution is -2.54. The molecule has 3 aromatic carbocycles. The maximum atomic E-state index is 13.4. The summed E-state index contributed by atoms with van der Waals surface area (Å²) in [6.07, 6.45) is 5.63. The van der Waals surface area contributed by atoms with Gasteiger partial charge in [0, 0.05) is 69.3 Å². The van der Waals surface area contributed by atoms with Gasteiger partial charge < -0.3 is 24.4 Å². The molecule has 318 valence electrons. The molecule has 1 atom stereocenters. The summed E-state index contributed by atoms with van der Waals surface area (Å²) < 4.78 is 17.2. The lowest BCUT2D eigenvalue weighted by Gasteiger charge is -2.34. The summed E-state index contributed by atoms with van der Waals surface area (Å²) in [6.45, 7) is 4.04. The van der Waals surface area contributed by atoms with E-state index in [9.17, 15) is 29.2 Å². The lowest BCUT2D eigenvalue weighted by atomic mass is 9.97. The number of piperidine rings is 1. The standard InChI is InChI=1S/C44H45Cl2N7O8/c1-59-35-23-33(30(45)21-31(35)46)49-41-27(24-47)25-48-32-22-37(36(60-2)20-29(32)41)61-19-7-14-51-15-17-52(18-16-51)39(55)11-5-3-4-8-26-9-6-10-28-40(26)44(58)53(43(28)57)34-12-13-38(54)50-42(34)56/h6,9-10,20-23,25,34H,3-5,7-8,11-19H2,1-2H3,(H,48,49)(H,50,54,56). The van der Waals surface area contributed by atoms with E-state index in [-0.39, 0.29) is 24.3 Å². The Morgan fingerprint density at radius 1 is 0.934 bits per heavy atom. The number of hydrogen-bond acceptors (Lipinski definition) is 12. The molecule has 0 bridgehead atoms. The number of fused-ring (bicyclic) bond motifs is 2. The Morgan fingerprint density at radius 3 is 2.46 bits per heavy atom. The van der Waals surface area contributed by atoms with E-state index >= 15 is 0 Å². The second kappa shape index (κ2) is 19.2.